The van der Waals surface area contributed by atoms with E-state index in [1.807, 2.05) is 44.4 Å². The van der Waals surface area contributed by atoms with Gasteiger partial charge in [0.1, 0.15) is 0 Å². The van der Waals surface area contributed by atoms with Gasteiger partial charge in [-0.25, -0.2) is 0 Å². The van der Waals surface area contributed by atoms with Crippen LogP contribution >= 0.6 is 0 Å². The molecule has 4 rings (SSSR count). The van der Waals surface area contributed by atoms with Crippen molar-refractivity contribution in [3.63, 3.8) is 0 Å². The number of para-hydroxylation sites is 1. The monoisotopic (exact) mass is 319 g/mol. The molecule has 24 heavy (non-hydrogen) atoms. The Balaban J connectivity index is 2.05. The van der Waals surface area contributed by atoms with Crippen molar-refractivity contribution in [1.29, 1.82) is 0 Å². The topological polar surface area (TPSA) is 37.3 Å². The number of likely N-dealkylation sites (N-methyl/N-ethyl adjacent to an activating group) is 1. The van der Waals surface area contributed by atoms with Gasteiger partial charge in [-0.05, 0) is 50.8 Å². The second-order valence-corrected chi connectivity index (χ2v) is 6.59. The molecule has 3 aromatic rings. The summed E-state index contributed by atoms with van der Waals surface area (Å²) in [6.45, 7) is 2.15. The molecule has 1 amide bonds. The molecule has 2 heterocycles. The van der Waals surface area contributed by atoms with Gasteiger partial charge >= 0.3 is 0 Å². The zero-order chi connectivity index (χ0) is 16.8. The fraction of sp³-hybridized carbons (Fsp3) is 0.250. The third-order valence-corrected chi connectivity index (χ3v) is 4.93. The van der Waals surface area contributed by atoms with Crippen molar-refractivity contribution in [3.05, 3.63) is 65.4 Å². The Bertz CT molecular complexity index is 925. The van der Waals surface area contributed by atoms with Gasteiger partial charge in [-0.1, -0.05) is 24.3 Å². The summed E-state index contributed by atoms with van der Waals surface area (Å²) < 4.78 is 2.26. The van der Waals surface area contributed by atoms with Crippen LogP contribution < -0.4 is 5.32 Å². The summed E-state index contributed by atoms with van der Waals surface area (Å²) in [7, 11) is 4.00. The van der Waals surface area contributed by atoms with E-state index in [2.05, 4.69) is 39.9 Å². The van der Waals surface area contributed by atoms with Crippen molar-refractivity contribution in [1.82, 2.24) is 14.8 Å². The minimum Gasteiger partial charge on any atom is -0.336 e. The lowest BCUT2D eigenvalue weighted by molar-refractivity contribution is 0.0895. The summed E-state index contributed by atoms with van der Waals surface area (Å²) in [5.74, 6) is 0.00302. The maximum Gasteiger partial charge on any atom is 0.253 e. The quantitative estimate of drug-likeness (QED) is 0.788. The lowest BCUT2D eigenvalue weighted by atomic mass is 10.0. The average molecular weight is 319 g/mol. The van der Waals surface area contributed by atoms with Gasteiger partial charge in [0.15, 0.2) is 0 Å². The first kappa shape index (κ1) is 15.0. The van der Waals surface area contributed by atoms with Crippen molar-refractivity contribution in [2.45, 2.75) is 19.5 Å². The summed E-state index contributed by atoms with van der Waals surface area (Å²) in [6, 6.07) is 16.3. The molecule has 1 aliphatic rings. The standard InChI is InChI=1S/C20H21N3O/c1-13-16-12-18(22(2)3)21-20(24)15-10-7-11-17(19(15)16)23(13)14-8-5-4-6-9-14/h4-11,18H,12H2,1-3H3,(H,21,24). The zero-order valence-corrected chi connectivity index (χ0v) is 14.2. The van der Waals surface area contributed by atoms with E-state index in [4.69, 9.17) is 0 Å². The molecule has 0 spiro atoms. The van der Waals surface area contributed by atoms with Gasteiger partial charge in [-0.3, -0.25) is 9.69 Å². The Morgan fingerprint density at radius 1 is 1.08 bits per heavy atom. The summed E-state index contributed by atoms with van der Waals surface area (Å²) in [6.07, 6.45) is 0.802. The molecule has 1 aromatic heterocycles. The van der Waals surface area contributed by atoms with Crippen LogP contribution in [0.2, 0.25) is 0 Å². The predicted molar refractivity (Wildman–Crippen MR) is 96.7 cm³/mol. The lowest BCUT2D eigenvalue weighted by Gasteiger charge is -2.24. The largest absolute Gasteiger partial charge is 0.336 e. The molecule has 0 saturated carbocycles. The van der Waals surface area contributed by atoms with Crippen LogP contribution in [0.4, 0.5) is 0 Å². The van der Waals surface area contributed by atoms with E-state index in [-0.39, 0.29) is 12.1 Å². The molecule has 1 atom stereocenters. The van der Waals surface area contributed by atoms with Gasteiger partial charge in [-0.15, -0.1) is 0 Å². The number of nitrogens with zero attached hydrogens (tertiary/aromatic N) is 2. The van der Waals surface area contributed by atoms with Crippen LogP contribution in [0, 0.1) is 6.92 Å². The second-order valence-electron chi connectivity index (χ2n) is 6.59. The first-order valence-corrected chi connectivity index (χ1v) is 8.23. The molecule has 0 bridgehead atoms. The van der Waals surface area contributed by atoms with E-state index in [9.17, 15) is 4.79 Å². The SMILES string of the molecule is Cc1c2c3c(cccc3n1-c1ccccc1)C(=O)NC(N(C)C)C2. The van der Waals surface area contributed by atoms with Gasteiger partial charge in [0.2, 0.25) is 0 Å². The van der Waals surface area contributed by atoms with Crippen LogP contribution in [0.15, 0.2) is 48.5 Å². The Hall–Kier alpha value is -2.59. The van der Waals surface area contributed by atoms with Gasteiger partial charge in [0.05, 0.1) is 11.7 Å². The number of hydrogen-bond donors (Lipinski definition) is 1. The van der Waals surface area contributed by atoms with Crippen LogP contribution in [-0.4, -0.2) is 35.6 Å². The highest BCUT2D eigenvalue weighted by Crippen LogP contribution is 2.34. The fourth-order valence-corrected chi connectivity index (χ4v) is 3.67. The van der Waals surface area contributed by atoms with Crippen LogP contribution in [0.1, 0.15) is 21.6 Å². The van der Waals surface area contributed by atoms with E-state index in [0.717, 1.165) is 28.6 Å². The minimum atomic E-state index is -0.00146. The number of amides is 1. The number of benzene rings is 2. The fourth-order valence-electron chi connectivity index (χ4n) is 3.67. The number of nitrogens with one attached hydrogen (secondary N) is 1. The lowest BCUT2D eigenvalue weighted by Crippen LogP contribution is -2.45. The Labute approximate surface area is 141 Å². The van der Waals surface area contributed by atoms with E-state index in [0.29, 0.717) is 0 Å². The predicted octanol–water partition coefficient (Wildman–Crippen LogP) is 3.11. The highest BCUT2D eigenvalue weighted by molar-refractivity contribution is 6.09. The molecule has 0 aliphatic carbocycles. The summed E-state index contributed by atoms with van der Waals surface area (Å²) in [5, 5.41) is 4.22. The highest BCUT2D eigenvalue weighted by Gasteiger charge is 2.28. The van der Waals surface area contributed by atoms with Crippen LogP contribution in [0.3, 0.4) is 0 Å². The first-order chi connectivity index (χ1) is 11.6. The number of aromatic nitrogens is 1. The maximum atomic E-state index is 12.7. The third kappa shape index (κ3) is 2.14. The molecule has 4 heteroatoms. The Morgan fingerprint density at radius 3 is 2.54 bits per heavy atom. The molecule has 1 unspecified atom stereocenters. The van der Waals surface area contributed by atoms with Crippen molar-refractivity contribution in [3.8, 4) is 5.69 Å². The molecule has 122 valence electrons. The third-order valence-electron chi connectivity index (χ3n) is 4.93. The highest BCUT2D eigenvalue weighted by atomic mass is 16.1. The van der Waals surface area contributed by atoms with Crippen molar-refractivity contribution in [2.75, 3.05) is 14.1 Å². The summed E-state index contributed by atoms with van der Waals surface area (Å²) in [4.78, 5) is 14.8. The molecule has 0 saturated heterocycles. The van der Waals surface area contributed by atoms with Gasteiger partial charge in [0.25, 0.3) is 5.91 Å². The van der Waals surface area contributed by atoms with E-state index in [1.54, 1.807) is 0 Å². The number of rotatable bonds is 2. The second kappa shape index (κ2) is 5.49. The maximum absolute atomic E-state index is 12.7. The molecule has 0 fully saturated rings. The van der Waals surface area contributed by atoms with Crippen molar-refractivity contribution in [2.24, 2.45) is 0 Å². The first-order valence-electron chi connectivity index (χ1n) is 8.23. The zero-order valence-electron chi connectivity index (χ0n) is 14.2. The van der Waals surface area contributed by atoms with E-state index >= 15 is 0 Å². The molecular weight excluding hydrogens is 298 g/mol. The van der Waals surface area contributed by atoms with E-state index in [1.165, 1.54) is 11.3 Å². The number of hydrogen-bond acceptors (Lipinski definition) is 2. The van der Waals surface area contributed by atoms with Crippen LogP contribution in [-0.2, 0) is 6.42 Å². The summed E-state index contributed by atoms with van der Waals surface area (Å²) in [5.41, 5.74) is 5.45. The molecule has 2 aromatic carbocycles. The van der Waals surface area contributed by atoms with Gasteiger partial charge in [0, 0.05) is 28.8 Å². The van der Waals surface area contributed by atoms with Crippen LogP contribution in [0.25, 0.3) is 16.6 Å². The van der Waals surface area contributed by atoms with Crippen LogP contribution in [0.5, 0.6) is 0 Å². The van der Waals surface area contributed by atoms with Crippen molar-refractivity contribution >= 4 is 16.8 Å². The van der Waals surface area contributed by atoms with Gasteiger partial charge in [-0.2, -0.15) is 0 Å². The normalized spacial score (nSPS) is 17.2. The smallest absolute Gasteiger partial charge is 0.253 e. The molecule has 1 N–H and O–H groups in total. The molecule has 0 radical (unpaired) electrons. The molecule has 4 nitrogen and oxygen atoms in total. The average Bonchev–Trinajstić information content (AvgIpc) is 2.76. The van der Waals surface area contributed by atoms with Crippen molar-refractivity contribution < 1.29 is 4.79 Å². The molecule has 1 aliphatic heterocycles. The Kier molecular flexibility index (Phi) is 3.43. The molecular formula is C20H21N3O. The van der Waals surface area contributed by atoms with Gasteiger partial charge < -0.3 is 9.88 Å². The number of carbonyl (C=O) groups excluding carboxylic acids is 1. The summed E-state index contributed by atoms with van der Waals surface area (Å²) >= 11 is 0. The Morgan fingerprint density at radius 2 is 1.83 bits per heavy atom. The van der Waals surface area contributed by atoms with E-state index < -0.39 is 0 Å². The number of carbonyl (C=O) groups is 1. The minimum absolute atomic E-state index is 0.00146.